The van der Waals surface area contributed by atoms with Crippen molar-refractivity contribution >= 4 is 5.69 Å². The topological polar surface area (TPSA) is 28.2 Å². The maximum absolute atomic E-state index is 4.59. The molecule has 3 nitrogen and oxygen atoms in total. The highest BCUT2D eigenvalue weighted by molar-refractivity contribution is 5.47. The molecule has 0 radical (unpaired) electrons. The van der Waals surface area contributed by atoms with E-state index < -0.39 is 0 Å². The number of rotatable bonds is 2. The summed E-state index contributed by atoms with van der Waals surface area (Å²) < 4.78 is 0. The minimum atomic E-state index is 0.614. The molecule has 2 aliphatic rings. The van der Waals surface area contributed by atoms with Crippen molar-refractivity contribution < 1.29 is 0 Å². The molecule has 1 aromatic rings. The Labute approximate surface area is 110 Å². The first-order valence-corrected chi connectivity index (χ1v) is 7.35. The van der Waals surface area contributed by atoms with Gasteiger partial charge in [-0.3, -0.25) is 4.98 Å². The van der Waals surface area contributed by atoms with Crippen LogP contribution in [0.5, 0.6) is 0 Å². The van der Waals surface area contributed by atoms with Crippen molar-refractivity contribution in [3.05, 3.63) is 24.0 Å². The van der Waals surface area contributed by atoms with Gasteiger partial charge in [-0.1, -0.05) is 0 Å². The van der Waals surface area contributed by atoms with Crippen LogP contribution in [0.3, 0.4) is 0 Å². The summed E-state index contributed by atoms with van der Waals surface area (Å²) in [7, 11) is 0. The average molecular weight is 245 g/mol. The number of anilines is 1. The number of aromatic nitrogens is 1. The highest BCUT2D eigenvalue weighted by Crippen LogP contribution is 2.26. The van der Waals surface area contributed by atoms with Gasteiger partial charge in [-0.2, -0.15) is 0 Å². The molecule has 98 valence electrons. The SMILES string of the molecule is c1cc(N2CCCCC2)cc(C2CCCNC2)n1. The first kappa shape index (κ1) is 12.0. The fourth-order valence-electron chi connectivity index (χ4n) is 3.11. The number of nitrogens with one attached hydrogen (secondary N) is 1. The molecule has 3 heteroatoms. The predicted molar refractivity (Wildman–Crippen MR) is 75.1 cm³/mol. The Balaban J connectivity index is 1.75. The highest BCUT2D eigenvalue weighted by atomic mass is 15.1. The summed E-state index contributed by atoms with van der Waals surface area (Å²) in [5.74, 6) is 0.614. The number of hydrogen-bond donors (Lipinski definition) is 1. The number of hydrogen-bond acceptors (Lipinski definition) is 3. The van der Waals surface area contributed by atoms with Gasteiger partial charge in [0, 0.05) is 43.1 Å². The second kappa shape index (κ2) is 5.70. The fraction of sp³-hybridized carbons (Fsp3) is 0.667. The molecule has 1 atom stereocenters. The molecule has 1 N–H and O–H groups in total. The number of pyridine rings is 1. The van der Waals surface area contributed by atoms with Gasteiger partial charge in [0.1, 0.15) is 0 Å². The Bertz CT molecular complexity index is 346. The van der Waals surface area contributed by atoms with E-state index in [-0.39, 0.29) is 0 Å². The molecule has 0 aromatic carbocycles. The largest absolute Gasteiger partial charge is 0.371 e. The molecule has 2 aliphatic heterocycles. The maximum atomic E-state index is 4.59. The normalized spacial score (nSPS) is 25.1. The summed E-state index contributed by atoms with van der Waals surface area (Å²) in [6.45, 7) is 4.69. The third kappa shape index (κ3) is 2.66. The van der Waals surface area contributed by atoms with Crippen molar-refractivity contribution in [1.29, 1.82) is 0 Å². The summed E-state index contributed by atoms with van der Waals surface area (Å²) in [4.78, 5) is 7.11. The molecule has 0 aliphatic carbocycles. The van der Waals surface area contributed by atoms with Crippen LogP contribution >= 0.6 is 0 Å². The zero-order valence-corrected chi connectivity index (χ0v) is 11.1. The van der Waals surface area contributed by atoms with Gasteiger partial charge in [-0.05, 0) is 50.8 Å². The smallest absolute Gasteiger partial charge is 0.0467 e. The van der Waals surface area contributed by atoms with E-state index in [9.17, 15) is 0 Å². The van der Waals surface area contributed by atoms with Crippen molar-refractivity contribution in [3.63, 3.8) is 0 Å². The van der Waals surface area contributed by atoms with Crippen LogP contribution in [0, 0.1) is 0 Å². The first-order chi connectivity index (χ1) is 8.93. The van der Waals surface area contributed by atoms with Gasteiger partial charge in [0.05, 0.1) is 0 Å². The molecule has 2 saturated heterocycles. The van der Waals surface area contributed by atoms with Gasteiger partial charge < -0.3 is 10.2 Å². The van der Waals surface area contributed by atoms with E-state index in [1.165, 1.54) is 63.1 Å². The Morgan fingerprint density at radius 3 is 2.83 bits per heavy atom. The van der Waals surface area contributed by atoms with Crippen LogP contribution in [0.25, 0.3) is 0 Å². The first-order valence-electron chi connectivity index (χ1n) is 7.35. The Kier molecular flexibility index (Phi) is 3.79. The highest BCUT2D eigenvalue weighted by Gasteiger charge is 2.18. The zero-order chi connectivity index (χ0) is 12.2. The van der Waals surface area contributed by atoms with Crippen LogP contribution in [0.2, 0.25) is 0 Å². The van der Waals surface area contributed by atoms with Crippen LogP contribution in [-0.2, 0) is 0 Å². The van der Waals surface area contributed by atoms with Gasteiger partial charge >= 0.3 is 0 Å². The molecule has 0 bridgehead atoms. The standard InChI is InChI=1S/C15H23N3/c1-2-9-18(10-3-1)14-6-8-17-15(11-14)13-5-4-7-16-12-13/h6,8,11,13,16H,1-5,7,9-10,12H2. The molecular formula is C15H23N3. The van der Waals surface area contributed by atoms with Crippen LogP contribution in [0.15, 0.2) is 18.3 Å². The van der Waals surface area contributed by atoms with Crippen molar-refractivity contribution in [3.8, 4) is 0 Å². The summed E-state index contributed by atoms with van der Waals surface area (Å²) in [6, 6.07) is 4.49. The van der Waals surface area contributed by atoms with E-state index >= 15 is 0 Å². The lowest BCUT2D eigenvalue weighted by molar-refractivity contribution is 0.454. The average Bonchev–Trinajstić information content (AvgIpc) is 2.49. The molecular weight excluding hydrogens is 222 g/mol. The minimum absolute atomic E-state index is 0.614. The Morgan fingerprint density at radius 2 is 2.06 bits per heavy atom. The lowest BCUT2D eigenvalue weighted by Gasteiger charge is -2.30. The second-order valence-corrected chi connectivity index (χ2v) is 5.53. The van der Waals surface area contributed by atoms with Crippen LogP contribution in [0.4, 0.5) is 5.69 Å². The molecule has 18 heavy (non-hydrogen) atoms. The molecule has 3 heterocycles. The summed E-state index contributed by atoms with van der Waals surface area (Å²) >= 11 is 0. The summed E-state index contributed by atoms with van der Waals surface area (Å²) in [5, 5.41) is 3.48. The number of piperidine rings is 2. The van der Waals surface area contributed by atoms with Crippen LogP contribution in [-0.4, -0.2) is 31.2 Å². The minimum Gasteiger partial charge on any atom is -0.371 e. The van der Waals surface area contributed by atoms with Crippen LogP contribution < -0.4 is 10.2 Å². The summed E-state index contributed by atoms with van der Waals surface area (Å²) in [5.41, 5.74) is 2.66. The lowest BCUT2D eigenvalue weighted by Crippen LogP contribution is -2.31. The molecule has 3 rings (SSSR count). The van der Waals surface area contributed by atoms with Crippen LogP contribution in [0.1, 0.15) is 43.7 Å². The van der Waals surface area contributed by atoms with Crippen molar-refractivity contribution in [2.24, 2.45) is 0 Å². The van der Waals surface area contributed by atoms with Gasteiger partial charge in [-0.25, -0.2) is 0 Å². The van der Waals surface area contributed by atoms with E-state index in [4.69, 9.17) is 0 Å². The van der Waals surface area contributed by atoms with E-state index in [1.54, 1.807) is 0 Å². The maximum Gasteiger partial charge on any atom is 0.0467 e. The second-order valence-electron chi connectivity index (χ2n) is 5.53. The Hall–Kier alpha value is -1.09. The molecule has 0 saturated carbocycles. The van der Waals surface area contributed by atoms with E-state index in [2.05, 4.69) is 27.3 Å². The molecule has 0 spiro atoms. The van der Waals surface area contributed by atoms with E-state index in [1.807, 2.05) is 6.20 Å². The van der Waals surface area contributed by atoms with Gasteiger partial charge in [-0.15, -0.1) is 0 Å². The predicted octanol–water partition coefficient (Wildman–Crippen LogP) is 2.54. The Morgan fingerprint density at radius 1 is 1.17 bits per heavy atom. The van der Waals surface area contributed by atoms with E-state index in [0.717, 1.165) is 6.54 Å². The number of nitrogens with zero attached hydrogens (tertiary/aromatic N) is 2. The van der Waals surface area contributed by atoms with Crippen molar-refractivity contribution in [2.75, 3.05) is 31.1 Å². The zero-order valence-electron chi connectivity index (χ0n) is 11.1. The monoisotopic (exact) mass is 245 g/mol. The molecule has 1 aromatic heterocycles. The molecule has 0 amide bonds. The quantitative estimate of drug-likeness (QED) is 0.868. The third-order valence-corrected chi connectivity index (χ3v) is 4.20. The van der Waals surface area contributed by atoms with Gasteiger partial charge in [0.2, 0.25) is 0 Å². The third-order valence-electron chi connectivity index (χ3n) is 4.20. The van der Waals surface area contributed by atoms with Gasteiger partial charge in [0.15, 0.2) is 0 Å². The van der Waals surface area contributed by atoms with Gasteiger partial charge in [0.25, 0.3) is 0 Å². The lowest BCUT2D eigenvalue weighted by atomic mass is 9.95. The van der Waals surface area contributed by atoms with E-state index in [0.29, 0.717) is 5.92 Å². The summed E-state index contributed by atoms with van der Waals surface area (Å²) in [6.07, 6.45) is 8.61. The van der Waals surface area contributed by atoms with Crippen molar-refractivity contribution in [1.82, 2.24) is 10.3 Å². The molecule has 1 unspecified atom stereocenters. The molecule has 2 fully saturated rings. The van der Waals surface area contributed by atoms with Crippen molar-refractivity contribution in [2.45, 2.75) is 38.0 Å². The fourth-order valence-corrected chi connectivity index (χ4v) is 3.11.